The Hall–Kier alpha value is -1.02. The van der Waals surface area contributed by atoms with Crippen molar-refractivity contribution in [3.8, 4) is 5.75 Å². The lowest BCUT2D eigenvalue weighted by Gasteiger charge is -2.29. The van der Waals surface area contributed by atoms with Gasteiger partial charge in [-0.2, -0.15) is 0 Å². The fraction of sp³-hybridized carbons (Fsp3) is 0.684. The lowest BCUT2D eigenvalue weighted by atomic mass is 9.85. The molecule has 0 radical (unpaired) electrons. The molecule has 1 aliphatic rings. The third-order valence-electron chi connectivity index (χ3n) is 4.63. The summed E-state index contributed by atoms with van der Waals surface area (Å²) in [4.78, 5) is 0. The van der Waals surface area contributed by atoms with Crippen molar-refractivity contribution in [1.82, 2.24) is 5.32 Å². The SMILES string of the molecule is CCNC(C)Cc1ccc(OC2CCCC(CC)C2)cc1. The molecule has 3 unspecified atom stereocenters. The second-order valence-corrected chi connectivity index (χ2v) is 6.49. The van der Waals surface area contributed by atoms with E-state index in [1.54, 1.807) is 0 Å². The summed E-state index contributed by atoms with van der Waals surface area (Å²) in [5.41, 5.74) is 1.38. The van der Waals surface area contributed by atoms with Crippen LogP contribution in [0.3, 0.4) is 0 Å². The van der Waals surface area contributed by atoms with Crippen molar-refractivity contribution in [2.45, 2.75) is 71.4 Å². The van der Waals surface area contributed by atoms with Gasteiger partial charge in [0.15, 0.2) is 0 Å². The number of ether oxygens (including phenoxy) is 1. The van der Waals surface area contributed by atoms with Crippen LogP contribution in [0.4, 0.5) is 0 Å². The number of hydrogen-bond donors (Lipinski definition) is 1. The van der Waals surface area contributed by atoms with Crippen LogP contribution in [0.25, 0.3) is 0 Å². The Morgan fingerprint density at radius 2 is 1.95 bits per heavy atom. The molecular weight excluding hydrogens is 258 g/mol. The first kappa shape index (κ1) is 16.4. The maximum atomic E-state index is 6.18. The summed E-state index contributed by atoms with van der Waals surface area (Å²) in [5, 5.41) is 3.45. The topological polar surface area (TPSA) is 21.3 Å². The van der Waals surface area contributed by atoms with Crippen LogP contribution >= 0.6 is 0 Å². The van der Waals surface area contributed by atoms with Crippen LogP contribution in [0.15, 0.2) is 24.3 Å². The Morgan fingerprint density at radius 1 is 1.19 bits per heavy atom. The molecule has 3 atom stereocenters. The predicted molar refractivity (Wildman–Crippen MR) is 89.9 cm³/mol. The monoisotopic (exact) mass is 289 g/mol. The Labute approximate surface area is 130 Å². The largest absolute Gasteiger partial charge is 0.490 e. The Kier molecular flexibility index (Phi) is 6.56. The molecule has 0 spiro atoms. The van der Waals surface area contributed by atoms with Gasteiger partial charge in [-0.25, -0.2) is 0 Å². The van der Waals surface area contributed by atoms with E-state index in [-0.39, 0.29) is 0 Å². The number of likely N-dealkylation sites (N-methyl/N-ethyl adjacent to an activating group) is 1. The normalized spacial score (nSPS) is 23.8. The van der Waals surface area contributed by atoms with Gasteiger partial charge in [0.05, 0.1) is 6.10 Å². The molecule has 2 rings (SSSR count). The van der Waals surface area contributed by atoms with E-state index in [4.69, 9.17) is 4.74 Å². The van der Waals surface area contributed by atoms with Crippen molar-refractivity contribution in [3.63, 3.8) is 0 Å². The number of hydrogen-bond acceptors (Lipinski definition) is 2. The van der Waals surface area contributed by atoms with Gasteiger partial charge >= 0.3 is 0 Å². The number of nitrogens with one attached hydrogen (secondary N) is 1. The molecule has 0 aromatic heterocycles. The summed E-state index contributed by atoms with van der Waals surface area (Å²) in [6.45, 7) is 7.72. The first-order valence-corrected chi connectivity index (χ1v) is 8.70. The summed E-state index contributed by atoms with van der Waals surface area (Å²) < 4.78 is 6.18. The van der Waals surface area contributed by atoms with E-state index in [9.17, 15) is 0 Å². The molecule has 0 aliphatic heterocycles. The standard InChI is InChI=1S/C19H31NO/c1-4-16-7-6-8-19(14-16)21-18-11-9-17(10-12-18)13-15(3)20-5-2/h9-12,15-16,19-20H,4-8,13-14H2,1-3H3. The lowest BCUT2D eigenvalue weighted by molar-refractivity contribution is 0.122. The highest BCUT2D eigenvalue weighted by atomic mass is 16.5. The van der Waals surface area contributed by atoms with Crippen molar-refractivity contribution < 1.29 is 4.74 Å². The van der Waals surface area contributed by atoms with Crippen LogP contribution in [0.1, 0.15) is 58.4 Å². The number of benzene rings is 1. The minimum atomic E-state index is 0.426. The molecule has 1 fully saturated rings. The van der Waals surface area contributed by atoms with Gasteiger partial charge in [0.2, 0.25) is 0 Å². The van der Waals surface area contributed by atoms with Gasteiger partial charge in [0.1, 0.15) is 5.75 Å². The van der Waals surface area contributed by atoms with Crippen molar-refractivity contribution in [1.29, 1.82) is 0 Å². The molecule has 1 saturated carbocycles. The molecule has 118 valence electrons. The molecule has 21 heavy (non-hydrogen) atoms. The number of rotatable bonds is 7. The molecule has 1 aliphatic carbocycles. The van der Waals surface area contributed by atoms with E-state index < -0.39 is 0 Å². The molecular formula is C19H31NO. The second kappa shape index (κ2) is 8.43. The molecule has 0 heterocycles. The lowest BCUT2D eigenvalue weighted by Crippen LogP contribution is -2.27. The Balaban J connectivity index is 1.84. The van der Waals surface area contributed by atoms with Gasteiger partial charge < -0.3 is 10.1 Å². The zero-order chi connectivity index (χ0) is 15.1. The van der Waals surface area contributed by atoms with E-state index in [1.165, 1.54) is 37.7 Å². The fourth-order valence-electron chi connectivity index (χ4n) is 3.39. The van der Waals surface area contributed by atoms with Crippen molar-refractivity contribution in [2.24, 2.45) is 5.92 Å². The van der Waals surface area contributed by atoms with Crippen molar-refractivity contribution in [2.75, 3.05) is 6.54 Å². The summed E-state index contributed by atoms with van der Waals surface area (Å²) in [5.74, 6) is 1.90. The van der Waals surface area contributed by atoms with Crippen LogP contribution < -0.4 is 10.1 Å². The van der Waals surface area contributed by atoms with Crippen LogP contribution in [-0.4, -0.2) is 18.7 Å². The first-order valence-electron chi connectivity index (χ1n) is 8.70. The van der Waals surface area contributed by atoms with Gasteiger partial charge in [-0.3, -0.25) is 0 Å². The quantitative estimate of drug-likeness (QED) is 0.793. The average Bonchev–Trinajstić information content (AvgIpc) is 2.50. The summed E-state index contributed by atoms with van der Waals surface area (Å²) in [6.07, 6.45) is 7.95. The van der Waals surface area contributed by atoms with E-state index in [1.807, 2.05) is 0 Å². The zero-order valence-electron chi connectivity index (χ0n) is 13.9. The molecule has 0 amide bonds. The smallest absolute Gasteiger partial charge is 0.119 e. The van der Waals surface area contributed by atoms with E-state index in [0.717, 1.165) is 24.6 Å². The van der Waals surface area contributed by atoms with Crippen LogP contribution in [0.5, 0.6) is 5.75 Å². The predicted octanol–water partition coefficient (Wildman–Crippen LogP) is 4.57. The Morgan fingerprint density at radius 3 is 2.62 bits per heavy atom. The maximum Gasteiger partial charge on any atom is 0.119 e. The highest BCUT2D eigenvalue weighted by Gasteiger charge is 2.21. The third kappa shape index (κ3) is 5.35. The molecule has 1 aromatic rings. The van der Waals surface area contributed by atoms with Gasteiger partial charge in [-0.05, 0) is 62.8 Å². The highest BCUT2D eigenvalue weighted by Crippen LogP contribution is 2.29. The summed E-state index contributed by atoms with van der Waals surface area (Å²) >= 11 is 0. The third-order valence-corrected chi connectivity index (χ3v) is 4.63. The maximum absolute atomic E-state index is 6.18. The van der Waals surface area contributed by atoms with Crippen LogP contribution in [0, 0.1) is 5.92 Å². The van der Waals surface area contributed by atoms with Gasteiger partial charge in [-0.1, -0.05) is 38.8 Å². The van der Waals surface area contributed by atoms with E-state index in [0.29, 0.717) is 12.1 Å². The molecule has 2 heteroatoms. The summed E-state index contributed by atoms with van der Waals surface area (Å²) in [7, 11) is 0. The molecule has 0 bridgehead atoms. The van der Waals surface area contributed by atoms with Crippen LogP contribution in [0.2, 0.25) is 0 Å². The Bertz CT molecular complexity index is 401. The average molecular weight is 289 g/mol. The molecule has 1 aromatic carbocycles. The van der Waals surface area contributed by atoms with E-state index >= 15 is 0 Å². The summed E-state index contributed by atoms with van der Waals surface area (Å²) in [6, 6.07) is 9.24. The first-order chi connectivity index (χ1) is 10.2. The molecule has 0 saturated heterocycles. The second-order valence-electron chi connectivity index (χ2n) is 6.49. The van der Waals surface area contributed by atoms with Crippen molar-refractivity contribution in [3.05, 3.63) is 29.8 Å². The fourth-order valence-corrected chi connectivity index (χ4v) is 3.39. The molecule has 1 N–H and O–H groups in total. The van der Waals surface area contributed by atoms with Gasteiger partial charge in [0, 0.05) is 6.04 Å². The van der Waals surface area contributed by atoms with Gasteiger partial charge in [0.25, 0.3) is 0 Å². The highest BCUT2D eigenvalue weighted by molar-refractivity contribution is 5.28. The molecule has 2 nitrogen and oxygen atoms in total. The minimum Gasteiger partial charge on any atom is -0.490 e. The van der Waals surface area contributed by atoms with E-state index in [2.05, 4.69) is 50.4 Å². The zero-order valence-corrected chi connectivity index (χ0v) is 13.9. The van der Waals surface area contributed by atoms with Crippen LogP contribution in [-0.2, 0) is 6.42 Å². The van der Waals surface area contributed by atoms with Crippen molar-refractivity contribution >= 4 is 0 Å². The minimum absolute atomic E-state index is 0.426. The van der Waals surface area contributed by atoms with Gasteiger partial charge in [-0.15, -0.1) is 0 Å².